The first kappa shape index (κ1) is 6.87. The number of nitroso groups, excluding NO2 is 1. The average Bonchev–Trinajstić information content (AvgIpc) is 2.02. The van der Waals surface area contributed by atoms with Gasteiger partial charge in [-0.25, -0.2) is 0 Å². The number of hydrogen-bond donors (Lipinski definition) is 0. The number of nitrogens with zero attached hydrogens (tertiary/aromatic N) is 2. The molecule has 66 valence electrons. The molecule has 2 saturated heterocycles. The zero-order chi connectivity index (χ0) is 8.13. The number of rotatable bonds is 1. The molecule has 3 heteroatoms. The predicted molar refractivity (Wildman–Crippen MR) is 45.3 cm³/mol. The fourth-order valence-corrected chi connectivity index (χ4v) is 3.64. The first-order chi connectivity index (χ1) is 5.86. The van der Waals surface area contributed by atoms with Gasteiger partial charge in [0.05, 0.1) is 17.4 Å². The highest BCUT2D eigenvalue weighted by Crippen LogP contribution is 2.48. The zero-order valence-corrected chi connectivity index (χ0v) is 7.15. The molecule has 2 aliphatic heterocycles. The van der Waals surface area contributed by atoms with E-state index in [0.717, 1.165) is 11.8 Å². The van der Waals surface area contributed by atoms with Crippen molar-refractivity contribution in [2.24, 2.45) is 17.1 Å². The summed E-state index contributed by atoms with van der Waals surface area (Å²) in [5.41, 5.74) is 0. The van der Waals surface area contributed by atoms with Crippen LogP contribution in [0, 0.1) is 16.7 Å². The van der Waals surface area contributed by atoms with Crippen LogP contribution in [0.5, 0.6) is 0 Å². The molecule has 2 saturated carbocycles. The van der Waals surface area contributed by atoms with E-state index >= 15 is 0 Å². The Morgan fingerprint density at radius 2 is 1.42 bits per heavy atom. The third-order valence-corrected chi connectivity index (χ3v) is 3.93. The molecule has 4 aliphatic rings. The maximum absolute atomic E-state index is 10.6. The average molecular weight is 166 g/mol. The van der Waals surface area contributed by atoms with E-state index < -0.39 is 0 Å². The van der Waals surface area contributed by atoms with Crippen molar-refractivity contribution < 1.29 is 0 Å². The lowest BCUT2D eigenvalue weighted by Gasteiger charge is -2.53. The first-order valence-corrected chi connectivity index (χ1v) is 4.98. The molecule has 0 aromatic carbocycles. The Hall–Kier alpha value is -0.600. The second-order valence-corrected chi connectivity index (χ2v) is 4.68. The Morgan fingerprint density at radius 3 is 1.83 bits per heavy atom. The molecule has 4 bridgehead atoms. The van der Waals surface area contributed by atoms with Crippen LogP contribution in [0.25, 0.3) is 0 Å². The third-order valence-electron chi connectivity index (χ3n) is 3.93. The summed E-state index contributed by atoms with van der Waals surface area (Å²) in [6.45, 7) is 0. The van der Waals surface area contributed by atoms with Gasteiger partial charge in [-0.05, 0) is 43.9 Å². The van der Waals surface area contributed by atoms with E-state index in [1.807, 2.05) is 5.01 Å². The van der Waals surface area contributed by atoms with Crippen molar-refractivity contribution in [2.45, 2.75) is 44.2 Å². The molecular weight excluding hydrogens is 152 g/mol. The minimum absolute atomic E-state index is 0.513. The van der Waals surface area contributed by atoms with Gasteiger partial charge in [0.15, 0.2) is 0 Å². The number of hydrogen-bond acceptors (Lipinski definition) is 2. The second-order valence-electron chi connectivity index (χ2n) is 4.68. The monoisotopic (exact) mass is 166 g/mol. The molecule has 0 aromatic rings. The highest BCUT2D eigenvalue weighted by atomic mass is 16.3. The Labute approximate surface area is 72.1 Å². The SMILES string of the molecule is O=NN1C2CC3CC(C2)CC1C3. The molecule has 0 N–H and O–H groups in total. The lowest BCUT2D eigenvalue weighted by Crippen LogP contribution is -2.55. The van der Waals surface area contributed by atoms with Crippen molar-refractivity contribution in [2.75, 3.05) is 0 Å². The molecule has 0 aromatic heterocycles. The molecule has 12 heavy (non-hydrogen) atoms. The minimum atomic E-state index is 0.513. The van der Waals surface area contributed by atoms with E-state index in [9.17, 15) is 4.91 Å². The van der Waals surface area contributed by atoms with Gasteiger partial charge in [0.1, 0.15) is 0 Å². The van der Waals surface area contributed by atoms with Crippen molar-refractivity contribution in [3.63, 3.8) is 0 Å². The quantitative estimate of drug-likeness (QED) is 0.557. The Bertz CT molecular complexity index is 189. The van der Waals surface area contributed by atoms with Crippen LogP contribution < -0.4 is 0 Å². The molecule has 4 rings (SSSR count). The van der Waals surface area contributed by atoms with E-state index in [0.29, 0.717) is 12.1 Å². The van der Waals surface area contributed by atoms with Crippen molar-refractivity contribution in [3.05, 3.63) is 4.91 Å². The van der Waals surface area contributed by atoms with E-state index in [-0.39, 0.29) is 0 Å². The van der Waals surface area contributed by atoms with Gasteiger partial charge in [-0.1, -0.05) is 0 Å². The topological polar surface area (TPSA) is 32.7 Å². The zero-order valence-electron chi connectivity index (χ0n) is 7.15. The van der Waals surface area contributed by atoms with E-state index in [4.69, 9.17) is 0 Å². The Morgan fingerprint density at radius 1 is 0.917 bits per heavy atom. The predicted octanol–water partition coefficient (Wildman–Crippen LogP) is 1.93. The summed E-state index contributed by atoms with van der Waals surface area (Å²) in [6.07, 6.45) is 6.37. The van der Waals surface area contributed by atoms with Gasteiger partial charge < -0.3 is 0 Å². The van der Waals surface area contributed by atoms with Gasteiger partial charge in [0.2, 0.25) is 0 Å². The van der Waals surface area contributed by atoms with Crippen LogP contribution >= 0.6 is 0 Å². The van der Waals surface area contributed by atoms with Crippen LogP contribution in [0.3, 0.4) is 0 Å². The van der Waals surface area contributed by atoms with Crippen LogP contribution in [0.1, 0.15) is 32.1 Å². The molecule has 0 unspecified atom stereocenters. The molecule has 0 atom stereocenters. The maximum Gasteiger partial charge on any atom is 0.0529 e. The van der Waals surface area contributed by atoms with Crippen LogP contribution in [0.2, 0.25) is 0 Å². The van der Waals surface area contributed by atoms with Crippen molar-refractivity contribution >= 4 is 0 Å². The lowest BCUT2D eigenvalue weighted by atomic mass is 9.64. The second kappa shape index (κ2) is 2.21. The molecule has 2 aliphatic carbocycles. The summed E-state index contributed by atoms with van der Waals surface area (Å²) in [5.74, 6) is 1.84. The normalized spacial score (nSPS) is 49.8. The van der Waals surface area contributed by atoms with Gasteiger partial charge in [-0.3, -0.25) is 5.01 Å². The van der Waals surface area contributed by atoms with Gasteiger partial charge in [-0.2, -0.15) is 0 Å². The van der Waals surface area contributed by atoms with E-state index in [1.165, 1.54) is 32.1 Å². The number of piperidine rings is 2. The molecule has 0 spiro atoms. The molecule has 4 fully saturated rings. The van der Waals surface area contributed by atoms with Crippen molar-refractivity contribution in [1.82, 2.24) is 5.01 Å². The van der Waals surface area contributed by atoms with E-state index in [2.05, 4.69) is 5.29 Å². The molecule has 0 amide bonds. The highest BCUT2D eigenvalue weighted by molar-refractivity contribution is 4.99. The molecular formula is C9H14N2O. The van der Waals surface area contributed by atoms with Crippen molar-refractivity contribution in [3.8, 4) is 0 Å². The molecule has 2 heterocycles. The first-order valence-electron chi connectivity index (χ1n) is 4.98. The summed E-state index contributed by atoms with van der Waals surface area (Å²) >= 11 is 0. The summed E-state index contributed by atoms with van der Waals surface area (Å²) in [4.78, 5) is 10.6. The highest BCUT2D eigenvalue weighted by Gasteiger charge is 2.47. The summed E-state index contributed by atoms with van der Waals surface area (Å²) in [6, 6.07) is 1.03. The lowest BCUT2D eigenvalue weighted by molar-refractivity contribution is -0.0588. The van der Waals surface area contributed by atoms with Crippen molar-refractivity contribution in [1.29, 1.82) is 0 Å². The van der Waals surface area contributed by atoms with Gasteiger partial charge in [0, 0.05) is 0 Å². The summed E-state index contributed by atoms with van der Waals surface area (Å²) in [7, 11) is 0. The molecule has 0 radical (unpaired) electrons. The summed E-state index contributed by atoms with van der Waals surface area (Å²) in [5, 5.41) is 5.02. The van der Waals surface area contributed by atoms with Gasteiger partial charge in [0.25, 0.3) is 0 Å². The van der Waals surface area contributed by atoms with E-state index in [1.54, 1.807) is 0 Å². The Kier molecular flexibility index (Phi) is 1.26. The standard InChI is InChI=1S/C9H14N2O/c12-10-11-8-2-6-1-7(4-8)5-9(11)3-6/h6-9H,1-5H2. The fourth-order valence-electron chi connectivity index (χ4n) is 3.64. The van der Waals surface area contributed by atoms with Crippen LogP contribution in [0.4, 0.5) is 0 Å². The fraction of sp³-hybridized carbons (Fsp3) is 1.00. The van der Waals surface area contributed by atoms with Crippen LogP contribution in [0.15, 0.2) is 5.29 Å². The minimum Gasteiger partial charge on any atom is -0.255 e. The molecule has 3 nitrogen and oxygen atoms in total. The smallest absolute Gasteiger partial charge is 0.0529 e. The Balaban J connectivity index is 1.90. The maximum atomic E-state index is 10.6. The van der Waals surface area contributed by atoms with Crippen LogP contribution in [-0.4, -0.2) is 17.1 Å². The van der Waals surface area contributed by atoms with Gasteiger partial charge in [-0.15, -0.1) is 4.91 Å². The summed E-state index contributed by atoms with van der Waals surface area (Å²) < 4.78 is 0. The van der Waals surface area contributed by atoms with Gasteiger partial charge >= 0.3 is 0 Å². The third kappa shape index (κ3) is 0.767. The van der Waals surface area contributed by atoms with Crippen LogP contribution in [-0.2, 0) is 0 Å². The largest absolute Gasteiger partial charge is 0.255 e.